The monoisotopic (exact) mass is 247 g/mol. The third-order valence-corrected chi connectivity index (χ3v) is 2.89. The zero-order valence-corrected chi connectivity index (χ0v) is 11.5. The van der Waals surface area contributed by atoms with Crippen LogP contribution in [0.15, 0.2) is 18.2 Å². The molecule has 18 heavy (non-hydrogen) atoms. The molecule has 0 heterocycles. The van der Waals surface area contributed by atoms with Crippen molar-refractivity contribution in [3.63, 3.8) is 0 Å². The molecule has 0 aromatic heterocycles. The van der Waals surface area contributed by atoms with Gasteiger partial charge in [0, 0.05) is 23.7 Å². The highest BCUT2D eigenvalue weighted by atomic mass is 16.5. The predicted octanol–water partition coefficient (Wildman–Crippen LogP) is 1.88. The molecule has 0 unspecified atom stereocenters. The van der Waals surface area contributed by atoms with Crippen LogP contribution in [0.2, 0.25) is 0 Å². The maximum absolute atomic E-state index is 8.71. The van der Waals surface area contributed by atoms with Gasteiger partial charge in [-0.15, -0.1) is 0 Å². The Bertz CT molecular complexity index is 444. The fraction of sp³-hybridized carbons (Fsp3) is 0.467. The van der Waals surface area contributed by atoms with E-state index in [9.17, 15) is 0 Å². The lowest BCUT2D eigenvalue weighted by Gasteiger charge is -2.22. The predicted molar refractivity (Wildman–Crippen MR) is 73.6 cm³/mol. The number of methoxy groups -OCH3 is 1. The lowest BCUT2D eigenvalue weighted by atomic mass is 10.1. The fourth-order valence-corrected chi connectivity index (χ4v) is 1.57. The first kappa shape index (κ1) is 14.6. The van der Waals surface area contributed by atoms with Crippen LogP contribution in [-0.2, 0) is 6.54 Å². The van der Waals surface area contributed by atoms with Crippen LogP contribution in [0.25, 0.3) is 0 Å². The van der Waals surface area contributed by atoms with Gasteiger partial charge in [-0.2, -0.15) is 0 Å². The number of rotatable bonds is 4. The molecule has 0 atom stereocenters. The number of nitrogens with zero attached hydrogens (tertiary/aromatic N) is 1. The minimum absolute atomic E-state index is 0.118. The highest BCUT2D eigenvalue weighted by Gasteiger charge is 2.09. The summed E-state index contributed by atoms with van der Waals surface area (Å²) >= 11 is 0. The molecule has 0 saturated heterocycles. The molecule has 0 fully saturated rings. The standard InChI is InChI=1S/C15H21NO2/c1-12(2)16(3)11-14-10-13(6-5-9-17)7-8-15(14)18-4/h7-8,10,12,17H,9,11H2,1-4H3. The van der Waals surface area contributed by atoms with Gasteiger partial charge in [0.25, 0.3) is 0 Å². The van der Waals surface area contributed by atoms with Crippen LogP contribution >= 0.6 is 0 Å². The van der Waals surface area contributed by atoms with Crippen LogP contribution in [0.4, 0.5) is 0 Å². The summed E-state index contributed by atoms with van der Waals surface area (Å²) in [7, 11) is 3.75. The average molecular weight is 247 g/mol. The van der Waals surface area contributed by atoms with Gasteiger partial charge >= 0.3 is 0 Å². The van der Waals surface area contributed by atoms with Crippen molar-refractivity contribution in [3.05, 3.63) is 29.3 Å². The van der Waals surface area contributed by atoms with Crippen molar-refractivity contribution >= 4 is 0 Å². The summed E-state index contributed by atoms with van der Waals surface area (Å²) in [5.74, 6) is 6.44. The Balaban J connectivity index is 2.98. The Morgan fingerprint density at radius 1 is 1.39 bits per heavy atom. The average Bonchev–Trinajstić information content (AvgIpc) is 2.36. The maximum atomic E-state index is 8.71. The van der Waals surface area contributed by atoms with Crippen LogP contribution < -0.4 is 4.74 Å². The summed E-state index contributed by atoms with van der Waals surface area (Å²) in [6.07, 6.45) is 0. The first-order chi connectivity index (χ1) is 8.58. The molecule has 1 aromatic carbocycles. The smallest absolute Gasteiger partial charge is 0.123 e. The molecule has 1 N–H and O–H groups in total. The normalized spacial score (nSPS) is 10.4. The van der Waals surface area contributed by atoms with Crippen LogP contribution in [-0.4, -0.2) is 36.8 Å². The maximum Gasteiger partial charge on any atom is 0.123 e. The van der Waals surface area contributed by atoms with Crippen molar-refractivity contribution in [2.24, 2.45) is 0 Å². The Hall–Kier alpha value is -1.50. The largest absolute Gasteiger partial charge is 0.496 e. The van der Waals surface area contributed by atoms with Gasteiger partial charge in [-0.1, -0.05) is 11.8 Å². The SMILES string of the molecule is COc1ccc(C#CCO)cc1CN(C)C(C)C. The Kier molecular flexibility index (Phi) is 5.70. The molecule has 0 saturated carbocycles. The molecule has 0 amide bonds. The number of aliphatic hydroxyl groups excluding tert-OH is 1. The second kappa shape index (κ2) is 7.05. The number of aliphatic hydroxyl groups is 1. The van der Waals surface area contributed by atoms with Gasteiger partial charge in [0.05, 0.1) is 7.11 Å². The highest BCUT2D eigenvalue weighted by Crippen LogP contribution is 2.21. The summed E-state index contributed by atoms with van der Waals surface area (Å²) < 4.78 is 5.36. The fourth-order valence-electron chi connectivity index (χ4n) is 1.57. The Morgan fingerprint density at radius 3 is 2.67 bits per heavy atom. The third kappa shape index (κ3) is 4.06. The number of ether oxygens (including phenoxy) is 1. The van der Waals surface area contributed by atoms with Gasteiger partial charge in [-0.05, 0) is 39.1 Å². The Morgan fingerprint density at radius 2 is 2.11 bits per heavy atom. The van der Waals surface area contributed by atoms with E-state index in [-0.39, 0.29) is 6.61 Å². The molecule has 0 aliphatic rings. The number of hydrogen-bond acceptors (Lipinski definition) is 3. The number of benzene rings is 1. The van der Waals surface area contributed by atoms with E-state index in [1.54, 1.807) is 7.11 Å². The minimum Gasteiger partial charge on any atom is -0.496 e. The quantitative estimate of drug-likeness (QED) is 0.825. The highest BCUT2D eigenvalue weighted by molar-refractivity contribution is 5.44. The molecule has 1 rings (SSSR count). The van der Waals surface area contributed by atoms with Crippen molar-refractivity contribution in [2.75, 3.05) is 20.8 Å². The first-order valence-electron chi connectivity index (χ1n) is 6.05. The molecule has 3 nitrogen and oxygen atoms in total. The van der Waals surface area contributed by atoms with Crippen molar-refractivity contribution in [2.45, 2.75) is 26.4 Å². The van der Waals surface area contributed by atoms with E-state index in [0.717, 1.165) is 23.4 Å². The van der Waals surface area contributed by atoms with Gasteiger partial charge in [-0.3, -0.25) is 4.90 Å². The van der Waals surface area contributed by atoms with Crippen LogP contribution in [0, 0.1) is 11.8 Å². The molecule has 0 aliphatic heterocycles. The molecule has 0 bridgehead atoms. The Labute approximate surface area is 109 Å². The molecule has 98 valence electrons. The molecule has 0 aliphatic carbocycles. The van der Waals surface area contributed by atoms with E-state index < -0.39 is 0 Å². The second-order valence-corrected chi connectivity index (χ2v) is 4.50. The van der Waals surface area contributed by atoms with Crippen molar-refractivity contribution in [3.8, 4) is 17.6 Å². The zero-order valence-electron chi connectivity index (χ0n) is 11.5. The summed E-state index contributed by atoms with van der Waals surface area (Å²) in [5.41, 5.74) is 2.01. The molecular weight excluding hydrogens is 226 g/mol. The lowest BCUT2D eigenvalue weighted by molar-refractivity contribution is 0.261. The van der Waals surface area contributed by atoms with Crippen molar-refractivity contribution in [1.29, 1.82) is 0 Å². The van der Waals surface area contributed by atoms with E-state index >= 15 is 0 Å². The van der Waals surface area contributed by atoms with Crippen LogP contribution in [0.3, 0.4) is 0 Å². The molecular formula is C15H21NO2. The zero-order chi connectivity index (χ0) is 13.5. The van der Waals surface area contributed by atoms with Crippen molar-refractivity contribution in [1.82, 2.24) is 4.90 Å². The van der Waals surface area contributed by atoms with E-state index in [1.807, 2.05) is 18.2 Å². The van der Waals surface area contributed by atoms with Crippen LogP contribution in [0.1, 0.15) is 25.0 Å². The summed E-state index contributed by atoms with van der Waals surface area (Å²) in [6, 6.07) is 6.31. The second-order valence-electron chi connectivity index (χ2n) is 4.50. The van der Waals surface area contributed by atoms with E-state index in [4.69, 9.17) is 9.84 Å². The van der Waals surface area contributed by atoms with Gasteiger partial charge < -0.3 is 9.84 Å². The van der Waals surface area contributed by atoms with Gasteiger partial charge in [0.2, 0.25) is 0 Å². The van der Waals surface area contributed by atoms with Gasteiger partial charge in [0.1, 0.15) is 12.4 Å². The number of hydrogen-bond donors (Lipinski definition) is 1. The first-order valence-corrected chi connectivity index (χ1v) is 6.05. The van der Waals surface area contributed by atoms with E-state index in [0.29, 0.717) is 6.04 Å². The summed E-state index contributed by atoms with van der Waals surface area (Å²) in [5, 5.41) is 8.71. The summed E-state index contributed by atoms with van der Waals surface area (Å²) in [4.78, 5) is 2.24. The van der Waals surface area contributed by atoms with E-state index in [1.165, 1.54) is 0 Å². The molecule has 0 radical (unpaired) electrons. The van der Waals surface area contributed by atoms with Crippen LogP contribution in [0.5, 0.6) is 5.75 Å². The van der Waals surface area contributed by atoms with Gasteiger partial charge in [0.15, 0.2) is 0 Å². The van der Waals surface area contributed by atoms with E-state index in [2.05, 4.69) is 37.6 Å². The molecule has 0 spiro atoms. The molecule has 1 aromatic rings. The van der Waals surface area contributed by atoms with Crippen molar-refractivity contribution < 1.29 is 9.84 Å². The van der Waals surface area contributed by atoms with Gasteiger partial charge in [-0.25, -0.2) is 0 Å². The lowest BCUT2D eigenvalue weighted by Crippen LogP contribution is -2.25. The summed E-state index contributed by atoms with van der Waals surface area (Å²) in [6.45, 7) is 5.01. The molecule has 3 heteroatoms. The minimum atomic E-state index is -0.118. The topological polar surface area (TPSA) is 32.7 Å². The third-order valence-electron chi connectivity index (χ3n) is 2.89.